The van der Waals surface area contributed by atoms with Gasteiger partial charge in [0.05, 0.1) is 32.9 Å². The highest BCUT2D eigenvalue weighted by Crippen LogP contribution is 2.40. The van der Waals surface area contributed by atoms with Crippen LogP contribution in [0.5, 0.6) is 0 Å². The highest BCUT2D eigenvalue weighted by molar-refractivity contribution is 7.85. The van der Waals surface area contributed by atoms with Crippen LogP contribution in [0.1, 0.15) is 20.3 Å². The van der Waals surface area contributed by atoms with E-state index in [1.807, 2.05) is 31.2 Å². The lowest BCUT2D eigenvalue weighted by atomic mass is 9.78. The van der Waals surface area contributed by atoms with Crippen LogP contribution in [0.2, 0.25) is 0 Å². The molecule has 0 spiro atoms. The second kappa shape index (κ2) is 6.82. The predicted octanol–water partition coefficient (Wildman–Crippen LogP) is 4.10. The van der Waals surface area contributed by atoms with Gasteiger partial charge in [-0.05, 0) is 24.6 Å². The molecule has 1 saturated heterocycles. The largest absolute Gasteiger partial charge is 0.354 e. The number of para-hydroxylation sites is 1. The van der Waals surface area contributed by atoms with E-state index < -0.39 is 10.8 Å². The summed E-state index contributed by atoms with van der Waals surface area (Å²) in [5.41, 5.74) is 2.67. The van der Waals surface area contributed by atoms with Gasteiger partial charge in [-0.15, -0.1) is 0 Å². The van der Waals surface area contributed by atoms with Crippen molar-refractivity contribution in [2.75, 3.05) is 23.7 Å². The number of rotatable bonds is 5. The number of nitrogens with one attached hydrogen (secondary N) is 1. The monoisotopic (exact) mass is 378 g/mol. The first-order valence-corrected chi connectivity index (χ1v) is 10.5. The van der Waals surface area contributed by atoms with Crippen LogP contribution in [0.4, 0.5) is 5.82 Å². The van der Waals surface area contributed by atoms with Crippen molar-refractivity contribution < 1.29 is 4.21 Å². The van der Waals surface area contributed by atoms with Gasteiger partial charge in [0.1, 0.15) is 5.82 Å². The molecule has 0 radical (unpaired) electrons. The fourth-order valence-electron chi connectivity index (χ4n) is 3.61. The Balaban J connectivity index is 1.80. The minimum atomic E-state index is -1.06. The van der Waals surface area contributed by atoms with Crippen molar-refractivity contribution in [1.29, 1.82) is 5.26 Å². The zero-order chi connectivity index (χ0) is 19.0. The average Bonchev–Trinajstić information content (AvgIpc) is 3.11. The summed E-state index contributed by atoms with van der Waals surface area (Å²) in [6, 6.07) is 14.7. The van der Waals surface area contributed by atoms with Gasteiger partial charge in [-0.3, -0.25) is 4.21 Å². The highest BCUT2D eigenvalue weighted by atomic mass is 32.2. The molecule has 3 heterocycles. The number of aromatic amines is 1. The van der Waals surface area contributed by atoms with Gasteiger partial charge >= 0.3 is 0 Å². The fraction of sp³-hybridized carbons (Fsp3) is 0.333. The molecule has 27 heavy (non-hydrogen) atoms. The van der Waals surface area contributed by atoms with Crippen molar-refractivity contribution in [1.82, 2.24) is 9.97 Å². The summed E-state index contributed by atoms with van der Waals surface area (Å²) in [4.78, 5) is 11.0. The molecule has 1 N–H and O–H groups in total. The van der Waals surface area contributed by atoms with Gasteiger partial charge in [-0.2, -0.15) is 5.26 Å². The maximum absolute atomic E-state index is 12.3. The first-order chi connectivity index (χ1) is 13.1. The standard InChI is InChI=1S/C21H22N4OS/c1-3-21(12-22)13-25(14-21)20-17(10-16(11-23-20)27(26)4-2)19-9-15-7-5-6-8-18(15)24-19/h5-11,24H,3-4,13-14H2,1-2H3. The van der Waals surface area contributed by atoms with E-state index >= 15 is 0 Å². The number of nitrogens with zero attached hydrogens (tertiary/aromatic N) is 3. The first kappa shape index (κ1) is 17.7. The number of anilines is 1. The lowest BCUT2D eigenvalue weighted by Crippen LogP contribution is -2.55. The second-order valence-electron chi connectivity index (χ2n) is 7.05. The van der Waals surface area contributed by atoms with Crippen LogP contribution >= 0.6 is 0 Å². The van der Waals surface area contributed by atoms with Gasteiger partial charge < -0.3 is 9.88 Å². The maximum Gasteiger partial charge on any atom is 0.138 e. The Morgan fingerprint density at radius 3 is 2.74 bits per heavy atom. The summed E-state index contributed by atoms with van der Waals surface area (Å²) in [6.45, 7) is 5.32. The van der Waals surface area contributed by atoms with E-state index in [0.29, 0.717) is 18.8 Å². The molecule has 1 aliphatic heterocycles. The van der Waals surface area contributed by atoms with Crippen molar-refractivity contribution in [2.24, 2.45) is 5.41 Å². The number of hydrogen-bond acceptors (Lipinski definition) is 4. The zero-order valence-corrected chi connectivity index (χ0v) is 16.3. The van der Waals surface area contributed by atoms with Gasteiger partial charge in [-0.25, -0.2) is 4.98 Å². The van der Waals surface area contributed by atoms with Crippen molar-refractivity contribution in [2.45, 2.75) is 25.2 Å². The van der Waals surface area contributed by atoms with Crippen LogP contribution < -0.4 is 4.90 Å². The molecule has 0 amide bonds. The molecule has 3 aromatic rings. The third-order valence-electron chi connectivity index (χ3n) is 5.39. The number of pyridine rings is 1. The van der Waals surface area contributed by atoms with Gasteiger partial charge in [0.25, 0.3) is 0 Å². The number of aromatic nitrogens is 2. The minimum Gasteiger partial charge on any atom is -0.354 e. The molecule has 1 aliphatic rings. The molecule has 0 aliphatic carbocycles. The number of H-pyrrole nitrogens is 1. The zero-order valence-electron chi connectivity index (χ0n) is 15.5. The lowest BCUT2D eigenvalue weighted by molar-refractivity contribution is 0.290. The number of fused-ring (bicyclic) bond motifs is 1. The topological polar surface area (TPSA) is 72.8 Å². The molecule has 1 aromatic carbocycles. The van der Waals surface area contributed by atoms with E-state index in [4.69, 9.17) is 0 Å². The van der Waals surface area contributed by atoms with Crippen molar-refractivity contribution in [3.8, 4) is 17.3 Å². The van der Waals surface area contributed by atoms with Gasteiger partial charge in [0.15, 0.2) is 0 Å². The molecule has 1 atom stereocenters. The average molecular weight is 379 g/mol. The Bertz CT molecular complexity index is 1030. The Hall–Kier alpha value is -2.65. The van der Waals surface area contributed by atoms with E-state index in [0.717, 1.165) is 39.3 Å². The molecule has 0 saturated carbocycles. The SMILES string of the molecule is CCS(=O)c1cnc(N2CC(C#N)(CC)C2)c(-c2cc3ccccc3[nH]2)c1. The molecule has 138 valence electrons. The van der Waals surface area contributed by atoms with Gasteiger partial charge in [0.2, 0.25) is 0 Å². The predicted molar refractivity (Wildman–Crippen MR) is 109 cm³/mol. The normalized spacial score (nSPS) is 16.7. The van der Waals surface area contributed by atoms with Crippen LogP contribution in [0.25, 0.3) is 22.2 Å². The van der Waals surface area contributed by atoms with Crippen molar-refractivity contribution in [3.05, 3.63) is 42.6 Å². The minimum absolute atomic E-state index is 0.287. The maximum atomic E-state index is 12.3. The van der Waals surface area contributed by atoms with Gasteiger partial charge in [0, 0.05) is 41.5 Å². The Morgan fingerprint density at radius 2 is 2.07 bits per heavy atom. The summed E-state index contributed by atoms with van der Waals surface area (Å²) in [7, 11) is -1.06. The number of nitriles is 1. The Labute approximate surface area is 161 Å². The van der Waals surface area contributed by atoms with E-state index in [1.165, 1.54) is 0 Å². The summed E-state index contributed by atoms with van der Waals surface area (Å²) >= 11 is 0. The van der Waals surface area contributed by atoms with Crippen LogP contribution in [-0.4, -0.2) is 33.0 Å². The van der Waals surface area contributed by atoms with Crippen LogP contribution in [0, 0.1) is 16.7 Å². The number of benzene rings is 1. The first-order valence-electron chi connectivity index (χ1n) is 9.22. The smallest absolute Gasteiger partial charge is 0.138 e. The highest BCUT2D eigenvalue weighted by Gasteiger charge is 2.43. The van der Waals surface area contributed by atoms with Crippen molar-refractivity contribution in [3.63, 3.8) is 0 Å². The Morgan fingerprint density at radius 1 is 1.30 bits per heavy atom. The van der Waals surface area contributed by atoms with E-state index in [-0.39, 0.29) is 5.41 Å². The molecule has 5 nitrogen and oxygen atoms in total. The molecule has 2 aromatic heterocycles. The molecular formula is C21H22N4OS. The van der Waals surface area contributed by atoms with Gasteiger partial charge in [-0.1, -0.05) is 32.0 Å². The van der Waals surface area contributed by atoms with Crippen LogP contribution in [0.3, 0.4) is 0 Å². The summed E-state index contributed by atoms with van der Waals surface area (Å²) < 4.78 is 12.3. The molecule has 1 fully saturated rings. The van der Waals surface area contributed by atoms with E-state index in [9.17, 15) is 9.47 Å². The number of hydrogen-bond donors (Lipinski definition) is 1. The van der Waals surface area contributed by atoms with Crippen LogP contribution in [0.15, 0.2) is 47.5 Å². The quantitative estimate of drug-likeness (QED) is 0.725. The molecule has 6 heteroatoms. The molecular weight excluding hydrogens is 356 g/mol. The molecule has 1 unspecified atom stereocenters. The molecule has 4 rings (SSSR count). The fourth-order valence-corrected chi connectivity index (χ4v) is 4.36. The van der Waals surface area contributed by atoms with Crippen molar-refractivity contribution >= 4 is 27.5 Å². The third-order valence-corrected chi connectivity index (χ3v) is 6.66. The Kier molecular flexibility index (Phi) is 4.48. The summed E-state index contributed by atoms with van der Waals surface area (Å²) in [5, 5.41) is 10.6. The van der Waals surface area contributed by atoms with E-state index in [2.05, 4.69) is 40.0 Å². The molecule has 0 bridgehead atoms. The summed E-state index contributed by atoms with van der Waals surface area (Å²) in [6.07, 6.45) is 2.54. The van der Waals surface area contributed by atoms with Crippen LogP contribution in [-0.2, 0) is 10.8 Å². The third kappa shape index (κ3) is 3.02. The van der Waals surface area contributed by atoms with E-state index in [1.54, 1.807) is 6.20 Å². The second-order valence-corrected chi connectivity index (χ2v) is 8.79. The summed E-state index contributed by atoms with van der Waals surface area (Å²) in [5.74, 6) is 1.40. The lowest BCUT2D eigenvalue weighted by Gasteiger charge is -2.46.